The van der Waals surface area contributed by atoms with Crippen LogP contribution < -0.4 is 4.74 Å². The zero-order chi connectivity index (χ0) is 19.5. The molecule has 0 amide bonds. The summed E-state index contributed by atoms with van der Waals surface area (Å²) in [5.41, 5.74) is 0.923. The van der Waals surface area contributed by atoms with Crippen molar-refractivity contribution in [3.63, 3.8) is 0 Å². The van der Waals surface area contributed by atoms with E-state index in [0.717, 1.165) is 11.1 Å². The highest BCUT2D eigenvalue weighted by molar-refractivity contribution is 7.90. The lowest BCUT2D eigenvalue weighted by atomic mass is 9.97. The third-order valence-electron chi connectivity index (χ3n) is 4.65. The second-order valence-corrected chi connectivity index (χ2v) is 9.14. The molecule has 5 heteroatoms. The van der Waals surface area contributed by atoms with E-state index in [1.165, 1.54) is 24.1 Å². The summed E-state index contributed by atoms with van der Waals surface area (Å²) in [5, 5.41) is 2.37. The molecule has 1 atom stereocenters. The maximum absolute atomic E-state index is 11.8. The fourth-order valence-corrected chi connectivity index (χ4v) is 4.46. The first-order chi connectivity index (χ1) is 12.8. The third kappa shape index (κ3) is 4.87. The Morgan fingerprint density at radius 1 is 0.926 bits per heavy atom. The Morgan fingerprint density at radius 2 is 1.67 bits per heavy atom. The van der Waals surface area contributed by atoms with Crippen LogP contribution in [0.3, 0.4) is 0 Å². The van der Waals surface area contributed by atoms with Crippen LogP contribution in [0.2, 0.25) is 0 Å². The van der Waals surface area contributed by atoms with Crippen molar-refractivity contribution in [1.82, 2.24) is 0 Å². The van der Waals surface area contributed by atoms with Gasteiger partial charge in [0.1, 0.15) is 18.0 Å². The smallest absolute Gasteiger partial charge is 0.150 e. The van der Waals surface area contributed by atoms with Crippen LogP contribution in [0.4, 0.5) is 0 Å². The van der Waals surface area contributed by atoms with E-state index in [0.29, 0.717) is 12.4 Å². The molecule has 0 radical (unpaired) electrons. The second kappa shape index (κ2) is 7.71. The molecule has 0 spiro atoms. The van der Waals surface area contributed by atoms with Crippen molar-refractivity contribution < 1.29 is 17.9 Å². The van der Waals surface area contributed by atoms with E-state index >= 15 is 0 Å². The first kappa shape index (κ1) is 19.4. The van der Waals surface area contributed by atoms with Crippen molar-refractivity contribution in [3.05, 3.63) is 77.9 Å². The molecule has 0 aliphatic rings. The van der Waals surface area contributed by atoms with Crippen molar-refractivity contribution in [3.8, 4) is 5.75 Å². The van der Waals surface area contributed by atoms with Gasteiger partial charge in [-0.15, -0.1) is 0 Å². The van der Waals surface area contributed by atoms with Crippen LogP contribution in [-0.2, 0) is 26.8 Å². The van der Waals surface area contributed by atoms with Gasteiger partial charge in [0.25, 0.3) is 0 Å². The van der Waals surface area contributed by atoms with E-state index < -0.39 is 15.4 Å². The van der Waals surface area contributed by atoms with Crippen LogP contribution >= 0.6 is 0 Å². The monoisotopic (exact) mass is 384 g/mol. The van der Waals surface area contributed by atoms with Gasteiger partial charge in [0.15, 0.2) is 9.84 Å². The molecule has 27 heavy (non-hydrogen) atoms. The largest absolute Gasteiger partial charge is 0.489 e. The van der Waals surface area contributed by atoms with Gasteiger partial charge < -0.3 is 9.47 Å². The number of ether oxygens (including phenoxy) is 2. The molecule has 3 aromatic carbocycles. The minimum Gasteiger partial charge on any atom is -0.489 e. The highest BCUT2D eigenvalue weighted by Crippen LogP contribution is 2.29. The summed E-state index contributed by atoms with van der Waals surface area (Å²) in [6, 6.07) is 21.9. The van der Waals surface area contributed by atoms with Gasteiger partial charge in [0.2, 0.25) is 0 Å². The van der Waals surface area contributed by atoms with Gasteiger partial charge in [-0.2, -0.15) is 0 Å². The van der Waals surface area contributed by atoms with Crippen molar-refractivity contribution in [2.75, 3.05) is 19.1 Å². The fourth-order valence-electron chi connectivity index (χ4n) is 3.17. The summed E-state index contributed by atoms with van der Waals surface area (Å²) in [7, 11) is -1.68. The quantitative estimate of drug-likeness (QED) is 0.609. The van der Waals surface area contributed by atoms with Gasteiger partial charge in [0.05, 0.1) is 5.75 Å². The first-order valence-corrected chi connectivity index (χ1v) is 10.8. The molecule has 0 N–H and O–H groups in total. The summed E-state index contributed by atoms with van der Waals surface area (Å²) < 4.78 is 35.0. The van der Waals surface area contributed by atoms with Crippen molar-refractivity contribution in [2.45, 2.75) is 19.1 Å². The molecule has 0 bridgehead atoms. The summed E-state index contributed by atoms with van der Waals surface area (Å²) >= 11 is 0. The van der Waals surface area contributed by atoms with Crippen molar-refractivity contribution in [1.29, 1.82) is 0 Å². The van der Waals surface area contributed by atoms with Gasteiger partial charge in [-0.25, -0.2) is 8.42 Å². The van der Waals surface area contributed by atoms with Gasteiger partial charge in [-0.3, -0.25) is 0 Å². The molecule has 0 saturated carbocycles. The molecule has 0 heterocycles. The third-order valence-corrected chi connectivity index (χ3v) is 5.73. The maximum atomic E-state index is 11.8. The molecule has 0 saturated heterocycles. The Kier molecular flexibility index (Phi) is 5.53. The van der Waals surface area contributed by atoms with Crippen LogP contribution in [0, 0.1) is 0 Å². The van der Waals surface area contributed by atoms with Crippen molar-refractivity contribution in [2.24, 2.45) is 0 Å². The maximum Gasteiger partial charge on any atom is 0.150 e. The standard InChI is InChI=1S/C22H24O4S/c1-22(25-2,16-27(3,23)24)20-9-6-10-21(14-20)26-15-17-11-12-18-7-4-5-8-19(18)13-17/h4-14H,15-16H2,1-3H3. The van der Waals surface area contributed by atoms with Crippen molar-refractivity contribution >= 4 is 20.6 Å². The summed E-state index contributed by atoms with van der Waals surface area (Å²) in [6.07, 6.45) is 1.21. The Labute approximate surface area is 160 Å². The van der Waals surface area contributed by atoms with Gasteiger partial charge in [0, 0.05) is 13.4 Å². The zero-order valence-electron chi connectivity index (χ0n) is 15.8. The molecule has 4 nitrogen and oxygen atoms in total. The average molecular weight is 384 g/mol. The Bertz CT molecular complexity index is 1040. The predicted molar refractivity (Wildman–Crippen MR) is 109 cm³/mol. The molecule has 142 valence electrons. The lowest BCUT2D eigenvalue weighted by Gasteiger charge is -2.28. The van der Waals surface area contributed by atoms with E-state index in [-0.39, 0.29) is 5.75 Å². The summed E-state index contributed by atoms with van der Waals surface area (Å²) in [5.74, 6) is 0.586. The Hall–Kier alpha value is -2.37. The SMILES string of the molecule is COC(C)(CS(C)(=O)=O)c1cccc(OCc2ccc3ccccc3c2)c1. The normalized spacial score (nSPS) is 14.0. The van der Waals surface area contributed by atoms with E-state index in [2.05, 4.69) is 30.3 Å². The first-order valence-electron chi connectivity index (χ1n) is 8.73. The number of benzene rings is 3. The number of hydrogen-bond acceptors (Lipinski definition) is 4. The lowest BCUT2D eigenvalue weighted by molar-refractivity contribution is 0.0221. The molecule has 3 rings (SSSR count). The minimum absolute atomic E-state index is 0.0926. The molecule has 3 aromatic rings. The van der Waals surface area contributed by atoms with E-state index in [9.17, 15) is 8.42 Å². The zero-order valence-corrected chi connectivity index (χ0v) is 16.6. The van der Waals surface area contributed by atoms with Crippen LogP contribution in [-0.4, -0.2) is 27.5 Å². The molecular formula is C22H24O4S. The van der Waals surface area contributed by atoms with E-state index in [4.69, 9.17) is 9.47 Å². The molecular weight excluding hydrogens is 360 g/mol. The predicted octanol–water partition coefficient (Wildman–Crippen LogP) is 4.33. The molecule has 0 aliphatic carbocycles. The number of methoxy groups -OCH3 is 1. The molecule has 0 aliphatic heterocycles. The Morgan fingerprint density at radius 3 is 2.37 bits per heavy atom. The minimum atomic E-state index is -3.20. The fraction of sp³-hybridized carbons (Fsp3) is 0.273. The summed E-state index contributed by atoms with van der Waals surface area (Å²) in [6.45, 7) is 2.21. The molecule has 0 aromatic heterocycles. The highest BCUT2D eigenvalue weighted by Gasteiger charge is 2.31. The van der Waals surface area contributed by atoms with E-state index in [1.54, 1.807) is 6.92 Å². The molecule has 1 unspecified atom stereocenters. The Balaban J connectivity index is 1.78. The van der Waals surface area contributed by atoms with Crippen LogP contribution in [0.15, 0.2) is 66.7 Å². The summed E-state index contributed by atoms with van der Waals surface area (Å²) in [4.78, 5) is 0. The van der Waals surface area contributed by atoms with Crippen LogP contribution in [0.1, 0.15) is 18.1 Å². The van der Waals surface area contributed by atoms with Gasteiger partial charge in [-0.05, 0) is 47.0 Å². The average Bonchev–Trinajstić information content (AvgIpc) is 2.65. The number of rotatable bonds is 7. The van der Waals surface area contributed by atoms with Gasteiger partial charge in [-0.1, -0.05) is 48.5 Å². The van der Waals surface area contributed by atoms with Crippen LogP contribution in [0.25, 0.3) is 10.8 Å². The van der Waals surface area contributed by atoms with Gasteiger partial charge >= 0.3 is 0 Å². The highest BCUT2D eigenvalue weighted by atomic mass is 32.2. The number of hydrogen-bond donors (Lipinski definition) is 0. The molecule has 0 fully saturated rings. The topological polar surface area (TPSA) is 52.6 Å². The lowest BCUT2D eigenvalue weighted by Crippen LogP contribution is -2.33. The number of fused-ring (bicyclic) bond motifs is 1. The second-order valence-electron chi connectivity index (χ2n) is 7.00. The van der Waals surface area contributed by atoms with E-state index in [1.807, 2.05) is 36.4 Å². The van der Waals surface area contributed by atoms with Crippen LogP contribution in [0.5, 0.6) is 5.75 Å². The number of sulfone groups is 1.